The third kappa shape index (κ3) is 3.72. The molecule has 29 heavy (non-hydrogen) atoms. The van der Waals surface area contributed by atoms with Gasteiger partial charge in [0.1, 0.15) is 5.69 Å². The first-order valence-corrected chi connectivity index (χ1v) is 9.52. The fraction of sp³-hybridized carbons (Fsp3) is 0.333. The predicted octanol–water partition coefficient (Wildman–Crippen LogP) is 2.33. The van der Waals surface area contributed by atoms with Crippen molar-refractivity contribution in [3.63, 3.8) is 0 Å². The number of hydrogen-bond acceptors (Lipinski definition) is 4. The highest BCUT2D eigenvalue weighted by atomic mass is 16.2. The fourth-order valence-electron chi connectivity index (χ4n) is 4.25. The van der Waals surface area contributed by atoms with Crippen LogP contribution in [0.5, 0.6) is 0 Å². The molecule has 2 atom stereocenters. The van der Waals surface area contributed by atoms with Crippen LogP contribution in [0.25, 0.3) is 0 Å². The van der Waals surface area contributed by atoms with Crippen molar-refractivity contribution in [3.05, 3.63) is 58.0 Å². The van der Waals surface area contributed by atoms with Gasteiger partial charge in [-0.05, 0) is 42.7 Å². The number of nitrogens with zero attached hydrogens (tertiary/aromatic N) is 3. The molecule has 2 unspecified atom stereocenters. The van der Waals surface area contributed by atoms with E-state index in [1.165, 1.54) is 0 Å². The summed E-state index contributed by atoms with van der Waals surface area (Å²) in [5.74, 6) is 0.433. The monoisotopic (exact) mass is 391 g/mol. The lowest BCUT2D eigenvalue weighted by Crippen LogP contribution is -2.48. The summed E-state index contributed by atoms with van der Waals surface area (Å²) < 4.78 is 1.72. The van der Waals surface area contributed by atoms with Crippen molar-refractivity contribution >= 4 is 23.3 Å². The van der Waals surface area contributed by atoms with Gasteiger partial charge in [-0.3, -0.25) is 9.59 Å². The minimum atomic E-state index is -0.545. The van der Waals surface area contributed by atoms with Crippen molar-refractivity contribution in [1.82, 2.24) is 9.47 Å². The first-order chi connectivity index (χ1) is 13.9. The molecule has 0 radical (unpaired) electrons. The Morgan fingerprint density at radius 3 is 2.72 bits per heavy atom. The smallest absolute Gasteiger partial charge is 0.323 e. The Labute approximate surface area is 167 Å². The van der Waals surface area contributed by atoms with Crippen LogP contribution in [0, 0.1) is 17.2 Å². The molecule has 1 aromatic carbocycles. The van der Waals surface area contributed by atoms with E-state index in [0.29, 0.717) is 30.9 Å². The summed E-state index contributed by atoms with van der Waals surface area (Å²) >= 11 is 0. The quantitative estimate of drug-likeness (QED) is 0.819. The maximum Gasteiger partial charge on any atom is 0.323 e. The normalized spacial score (nSPS) is 19.7. The number of anilines is 2. The summed E-state index contributed by atoms with van der Waals surface area (Å²) in [7, 11) is 0. The lowest BCUT2D eigenvalue weighted by Gasteiger charge is -2.42. The second-order valence-electron chi connectivity index (χ2n) is 7.58. The van der Waals surface area contributed by atoms with Crippen molar-refractivity contribution in [2.75, 3.05) is 23.7 Å². The highest BCUT2D eigenvalue weighted by molar-refractivity contribution is 5.99. The number of aromatic nitrogens is 1. The second kappa shape index (κ2) is 7.43. The van der Waals surface area contributed by atoms with E-state index >= 15 is 0 Å². The molecule has 3 amide bonds. The Morgan fingerprint density at radius 2 is 1.97 bits per heavy atom. The number of amides is 3. The van der Waals surface area contributed by atoms with Crippen LogP contribution in [0.4, 0.5) is 16.2 Å². The summed E-state index contributed by atoms with van der Waals surface area (Å²) in [6.07, 6.45) is 0.964. The molecule has 4 rings (SSSR count). The molecule has 2 bridgehead atoms. The van der Waals surface area contributed by atoms with Gasteiger partial charge in [-0.25, -0.2) is 4.79 Å². The summed E-state index contributed by atoms with van der Waals surface area (Å²) in [6.45, 7) is 3.39. The zero-order valence-corrected chi connectivity index (χ0v) is 16.0. The number of hydrogen-bond donors (Lipinski definition) is 2. The van der Waals surface area contributed by atoms with E-state index in [-0.39, 0.29) is 29.0 Å². The van der Waals surface area contributed by atoms with Crippen LogP contribution in [0.15, 0.2) is 41.2 Å². The largest absolute Gasteiger partial charge is 0.342 e. The van der Waals surface area contributed by atoms with Crippen molar-refractivity contribution in [3.8, 4) is 6.07 Å². The Hall–Kier alpha value is -3.60. The molecular formula is C21H21N5O3. The van der Waals surface area contributed by atoms with E-state index in [2.05, 4.69) is 10.6 Å². The molecular weight excluding hydrogens is 370 g/mol. The van der Waals surface area contributed by atoms with Crippen LogP contribution in [0.2, 0.25) is 0 Å². The number of nitrogens with one attached hydrogen (secondary N) is 2. The first-order valence-electron chi connectivity index (χ1n) is 9.52. The number of likely N-dealkylation sites (tertiary alicyclic amines) is 1. The average molecular weight is 391 g/mol. The Kier molecular flexibility index (Phi) is 4.80. The minimum absolute atomic E-state index is 0.0610. The summed E-state index contributed by atoms with van der Waals surface area (Å²) in [6, 6.07) is 11.5. The molecule has 0 spiro atoms. The van der Waals surface area contributed by atoms with E-state index < -0.39 is 6.03 Å². The van der Waals surface area contributed by atoms with Crippen molar-refractivity contribution in [2.24, 2.45) is 5.92 Å². The number of fused-ring (bicyclic) bond motifs is 4. The molecule has 0 saturated carbocycles. The van der Waals surface area contributed by atoms with E-state index in [4.69, 9.17) is 5.26 Å². The zero-order chi connectivity index (χ0) is 20.5. The number of rotatable bonds is 2. The van der Waals surface area contributed by atoms with E-state index in [0.717, 1.165) is 12.1 Å². The lowest BCUT2D eigenvalue weighted by molar-refractivity contribution is -0.131. The number of piperidine rings is 1. The summed E-state index contributed by atoms with van der Waals surface area (Å²) in [4.78, 5) is 38.9. The molecule has 1 saturated heterocycles. The maximum absolute atomic E-state index is 12.9. The first kappa shape index (κ1) is 18.7. The third-order valence-corrected chi connectivity index (χ3v) is 5.55. The molecule has 3 heterocycles. The Balaban J connectivity index is 1.53. The standard InChI is InChI=1S/C21H21N5O3/c1-13(27)25-10-15-7-16(12-25)19-6-5-18(20(28)26(19)11-15)24-21(29)23-17-4-2-3-14(8-17)9-22/h2-6,8,15-16H,7,10-12H2,1H3,(H2,23,24,29). The van der Waals surface area contributed by atoms with E-state index in [9.17, 15) is 14.4 Å². The van der Waals surface area contributed by atoms with Gasteiger partial charge in [0.05, 0.1) is 11.6 Å². The number of nitriles is 1. The van der Waals surface area contributed by atoms with E-state index in [1.54, 1.807) is 41.8 Å². The number of pyridine rings is 1. The van der Waals surface area contributed by atoms with Gasteiger partial charge >= 0.3 is 6.03 Å². The lowest BCUT2D eigenvalue weighted by atomic mass is 9.83. The molecule has 0 aliphatic carbocycles. The van der Waals surface area contributed by atoms with Crippen molar-refractivity contribution in [2.45, 2.75) is 25.8 Å². The van der Waals surface area contributed by atoms with E-state index in [1.807, 2.05) is 17.0 Å². The van der Waals surface area contributed by atoms with Gasteiger partial charge in [0, 0.05) is 43.9 Å². The number of carbonyl (C=O) groups is 2. The van der Waals surface area contributed by atoms with Gasteiger partial charge in [-0.2, -0.15) is 5.26 Å². The predicted molar refractivity (Wildman–Crippen MR) is 108 cm³/mol. The van der Waals surface area contributed by atoms with Crippen molar-refractivity contribution in [1.29, 1.82) is 5.26 Å². The topological polar surface area (TPSA) is 107 Å². The second-order valence-corrected chi connectivity index (χ2v) is 7.58. The SMILES string of the molecule is CC(=O)N1CC2CC(C1)c1ccc(NC(=O)Nc3cccc(C#N)c3)c(=O)n1C2. The maximum atomic E-state index is 12.9. The highest BCUT2D eigenvalue weighted by Gasteiger charge is 2.35. The molecule has 8 heteroatoms. The molecule has 2 aromatic rings. The minimum Gasteiger partial charge on any atom is -0.342 e. The Morgan fingerprint density at radius 1 is 1.14 bits per heavy atom. The molecule has 1 fully saturated rings. The van der Waals surface area contributed by atoms with Gasteiger partial charge in [0.25, 0.3) is 5.56 Å². The average Bonchev–Trinajstić information content (AvgIpc) is 2.70. The van der Waals surface area contributed by atoms with Gasteiger partial charge in [0.2, 0.25) is 5.91 Å². The van der Waals surface area contributed by atoms with Crippen LogP contribution in [-0.2, 0) is 11.3 Å². The molecule has 1 aromatic heterocycles. The highest BCUT2D eigenvalue weighted by Crippen LogP contribution is 2.35. The molecule has 2 aliphatic rings. The molecule has 8 nitrogen and oxygen atoms in total. The van der Waals surface area contributed by atoms with Crippen LogP contribution in [-0.4, -0.2) is 34.5 Å². The summed E-state index contributed by atoms with van der Waals surface area (Å²) in [5, 5.41) is 14.2. The molecule has 2 N–H and O–H groups in total. The molecule has 2 aliphatic heterocycles. The summed E-state index contributed by atoms with van der Waals surface area (Å²) in [5.41, 5.74) is 1.77. The number of benzene rings is 1. The number of urea groups is 1. The van der Waals surface area contributed by atoms with Gasteiger partial charge < -0.3 is 20.1 Å². The van der Waals surface area contributed by atoms with Crippen LogP contribution in [0.3, 0.4) is 0 Å². The van der Waals surface area contributed by atoms with Crippen LogP contribution >= 0.6 is 0 Å². The fourth-order valence-corrected chi connectivity index (χ4v) is 4.25. The van der Waals surface area contributed by atoms with Gasteiger partial charge in [-0.1, -0.05) is 6.07 Å². The Bertz CT molecular complexity index is 1080. The van der Waals surface area contributed by atoms with Crippen LogP contribution < -0.4 is 16.2 Å². The van der Waals surface area contributed by atoms with Gasteiger partial charge in [0.15, 0.2) is 0 Å². The third-order valence-electron chi connectivity index (χ3n) is 5.55. The molecule has 148 valence electrons. The van der Waals surface area contributed by atoms with Crippen LogP contribution in [0.1, 0.15) is 30.5 Å². The van der Waals surface area contributed by atoms with Gasteiger partial charge in [-0.15, -0.1) is 0 Å². The van der Waals surface area contributed by atoms with Crippen molar-refractivity contribution < 1.29 is 9.59 Å². The number of carbonyl (C=O) groups excluding carboxylic acids is 2. The zero-order valence-electron chi connectivity index (χ0n) is 16.0.